The van der Waals surface area contributed by atoms with E-state index in [9.17, 15) is 30.8 Å². The van der Waals surface area contributed by atoms with Gasteiger partial charge in [0.2, 0.25) is 0 Å². The Morgan fingerprint density at radius 1 is 1.06 bits per heavy atom. The van der Waals surface area contributed by atoms with Crippen LogP contribution < -0.4 is 9.46 Å². The normalized spacial score (nSPS) is 11.5. The maximum absolute atomic E-state index is 14.6. The van der Waals surface area contributed by atoms with Crippen molar-refractivity contribution < 1.29 is 45.7 Å². The van der Waals surface area contributed by atoms with Crippen LogP contribution in [0.2, 0.25) is 5.02 Å². The van der Waals surface area contributed by atoms with Crippen LogP contribution in [0.5, 0.6) is 5.75 Å². The van der Waals surface area contributed by atoms with Gasteiger partial charge >= 0.3 is 5.97 Å². The minimum absolute atomic E-state index is 0.0862. The lowest BCUT2D eigenvalue weighted by Crippen LogP contribution is -2.18. The Morgan fingerprint density at radius 3 is 2.37 bits per heavy atom. The van der Waals surface area contributed by atoms with Crippen LogP contribution in [0, 0.1) is 11.6 Å². The molecule has 0 aromatic heterocycles. The molecule has 3 rings (SSSR count). The Balaban J connectivity index is 2.14. The first kappa shape index (κ1) is 26.3. The van der Waals surface area contributed by atoms with Crippen molar-refractivity contribution in [3.63, 3.8) is 0 Å². The summed E-state index contributed by atoms with van der Waals surface area (Å²) in [6.07, 6.45) is -3.42. The van der Waals surface area contributed by atoms with E-state index in [1.165, 1.54) is 18.2 Å². The van der Waals surface area contributed by atoms with E-state index < -0.39 is 60.8 Å². The predicted molar refractivity (Wildman–Crippen MR) is 119 cm³/mol. The van der Waals surface area contributed by atoms with Gasteiger partial charge in [-0.25, -0.2) is 30.8 Å². The summed E-state index contributed by atoms with van der Waals surface area (Å²) < 4.78 is 89.3. The van der Waals surface area contributed by atoms with E-state index in [-0.39, 0.29) is 30.1 Å². The van der Waals surface area contributed by atoms with Crippen LogP contribution in [-0.4, -0.2) is 37.8 Å². The topological polar surface area (TPSA) is 113 Å². The van der Waals surface area contributed by atoms with Crippen LogP contribution in [0.15, 0.2) is 53.4 Å². The molecule has 0 bridgehead atoms. The van der Waals surface area contributed by atoms with Crippen molar-refractivity contribution in [1.29, 1.82) is 0 Å². The second-order valence-corrected chi connectivity index (χ2v) is 9.02. The molecule has 7 nitrogen and oxygen atoms in total. The SMILES string of the molecule is O=C(O)c1cc(Cl)c(C(F)F)c(S(=O)(=O)Nc2cc(-c3ccccc3OCCO)c(F)cc2F)c1. The summed E-state index contributed by atoms with van der Waals surface area (Å²) in [4.78, 5) is 10.1. The molecular formula is C22H16ClF4NO6S. The van der Waals surface area contributed by atoms with Crippen LogP contribution in [0.4, 0.5) is 23.2 Å². The first-order valence-corrected chi connectivity index (χ1v) is 11.5. The van der Waals surface area contributed by atoms with Crippen LogP contribution in [0.3, 0.4) is 0 Å². The van der Waals surface area contributed by atoms with E-state index in [1.54, 1.807) is 10.8 Å². The molecule has 3 aromatic rings. The largest absolute Gasteiger partial charge is 0.491 e. The van der Waals surface area contributed by atoms with Gasteiger partial charge in [-0.3, -0.25) is 4.72 Å². The number of benzene rings is 3. The molecule has 3 N–H and O–H groups in total. The number of carboxylic acids is 1. The number of ether oxygens (including phenoxy) is 1. The molecule has 0 unspecified atom stereocenters. The highest BCUT2D eigenvalue weighted by molar-refractivity contribution is 7.92. The van der Waals surface area contributed by atoms with E-state index in [4.69, 9.17) is 26.6 Å². The van der Waals surface area contributed by atoms with E-state index >= 15 is 0 Å². The third kappa shape index (κ3) is 5.66. The molecule has 0 atom stereocenters. The smallest absolute Gasteiger partial charge is 0.335 e. The Labute approximate surface area is 201 Å². The maximum atomic E-state index is 14.6. The van der Waals surface area contributed by atoms with E-state index in [0.29, 0.717) is 18.2 Å². The summed E-state index contributed by atoms with van der Waals surface area (Å²) >= 11 is 5.71. The van der Waals surface area contributed by atoms with Gasteiger partial charge < -0.3 is 14.9 Å². The fraction of sp³-hybridized carbons (Fsp3) is 0.136. The molecule has 186 valence electrons. The molecule has 0 saturated heterocycles. The fourth-order valence-corrected chi connectivity index (χ4v) is 4.84. The zero-order chi connectivity index (χ0) is 25.9. The lowest BCUT2D eigenvalue weighted by atomic mass is 10.0. The number of carboxylic acid groups (broad SMARTS) is 1. The molecule has 3 aromatic carbocycles. The molecule has 0 aliphatic heterocycles. The molecule has 0 heterocycles. The van der Waals surface area contributed by atoms with Gasteiger partial charge in [0.15, 0.2) is 0 Å². The highest BCUT2D eigenvalue weighted by atomic mass is 35.5. The molecule has 35 heavy (non-hydrogen) atoms. The van der Waals surface area contributed by atoms with Crippen molar-refractivity contribution in [2.45, 2.75) is 11.3 Å². The molecule has 0 aliphatic rings. The van der Waals surface area contributed by atoms with E-state index in [2.05, 4.69) is 0 Å². The van der Waals surface area contributed by atoms with Crippen LogP contribution >= 0.6 is 11.6 Å². The lowest BCUT2D eigenvalue weighted by Gasteiger charge is -2.16. The quantitative estimate of drug-likeness (QED) is 0.330. The number of carbonyl (C=O) groups is 1. The van der Waals surface area contributed by atoms with E-state index in [0.717, 1.165) is 6.07 Å². The zero-order valence-electron chi connectivity index (χ0n) is 17.4. The Bertz CT molecular complexity index is 1380. The van der Waals surface area contributed by atoms with Crippen LogP contribution in [0.1, 0.15) is 22.3 Å². The first-order valence-electron chi connectivity index (χ1n) is 9.66. The summed E-state index contributed by atoms with van der Waals surface area (Å²) in [6, 6.07) is 8.16. The molecule has 0 radical (unpaired) electrons. The number of aliphatic hydroxyl groups excluding tert-OH is 1. The molecule has 0 saturated carbocycles. The number of sulfonamides is 1. The fourth-order valence-electron chi connectivity index (χ4n) is 3.15. The van der Waals surface area contributed by atoms with E-state index in [1.807, 2.05) is 0 Å². The Hall–Kier alpha value is -3.35. The average molecular weight is 534 g/mol. The van der Waals surface area contributed by atoms with Crippen LogP contribution in [0.25, 0.3) is 11.1 Å². The molecule has 13 heteroatoms. The number of rotatable bonds is 9. The monoisotopic (exact) mass is 533 g/mol. The molecular weight excluding hydrogens is 518 g/mol. The summed E-state index contributed by atoms with van der Waals surface area (Å²) in [6.45, 7) is -0.494. The predicted octanol–water partition coefficient (Wildman–Crippen LogP) is 5.09. The lowest BCUT2D eigenvalue weighted by molar-refractivity contribution is 0.0696. The zero-order valence-corrected chi connectivity index (χ0v) is 19.0. The van der Waals surface area contributed by atoms with Crippen molar-refractivity contribution >= 4 is 33.3 Å². The Kier molecular flexibility index (Phi) is 7.88. The van der Waals surface area contributed by atoms with Gasteiger partial charge in [-0.15, -0.1) is 0 Å². The van der Waals surface area contributed by atoms with Crippen molar-refractivity contribution in [3.8, 4) is 16.9 Å². The summed E-state index contributed by atoms with van der Waals surface area (Å²) in [7, 11) is -5.03. The standard InChI is InChI=1S/C22H16ClF4NO6S/c23-14-7-11(22(30)31)8-19(20(14)21(26)27)35(32,33)28-17-9-13(15(24)10-16(17)25)12-3-1-2-4-18(12)34-6-5-29/h1-4,7-10,21,28-29H,5-6H2,(H,30,31). The highest BCUT2D eigenvalue weighted by Crippen LogP contribution is 2.38. The number of halogens is 5. The number of aromatic carboxylic acids is 1. The van der Waals surface area contributed by atoms with Gasteiger partial charge in [0.05, 0.1) is 33.3 Å². The number of alkyl halides is 2. The van der Waals surface area contributed by atoms with Crippen molar-refractivity contribution in [2.24, 2.45) is 0 Å². The average Bonchev–Trinajstić information content (AvgIpc) is 2.78. The molecule has 0 aliphatic carbocycles. The van der Waals surface area contributed by atoms with Gasteiger partial charge in [-0.1, -0.05) is 29.8 Å². The number of hydrogen-bond donors (Lipinski definition) is 3. The number of nitrogens with one attached hydrogen (secondary N) is 1. The summed E-state index contributed by atoms with van der Waals surface area (Å²) in [5, 5.41) is 17.3. The second kappa shape index (κ2) is 10.5. The third-order valence-corrected chi connectivity index (χ3v) is 6.39. The van der Waals surface area contributed by atoms with Crippen molar-refractivity contribution in [1.82, 2.24) is 0 Å². The minimum Gasteiger partial charge on any atom is -0.491 e. The van der Waals surface area contributed by atoms with Gasteiger partial charge in [0, 0.05) is 17.2 Å². The maximum Gasteiger partial charge on any atom is 0.335 e. The summed E-state index contributed by atoms with van der Waals surface area (Å²) in [5.74, 6) is -4.00. The number of para-hydroxylation sites is 1. The highest BCUT2D eigenvalue weighted by Gasteiger charge is 2.29. The summed E-state index contributed by atoms with van der Waals surface area (Å²) in [5.41, 5.74) is -2.91. The molecule has 0 amide bonds. The number of aliphatic hydroxyl groups is 1. The Morgan fingerprint density at radius 2 is 1.74 bits per heavy atom. The van der Waals surface area contributed by atoms with Crippen LogP contribution in [-0.2, 0) is 10.0 Å². The van der Waals surface area contributed by atoms with Crippen molar-refractivity contribution in [2.75, 3.05) is 17.9 Å². The third-order valence-electron chi connectivity index (χ3n) is 4.67. The second-order valence-electron chi connectivity index (χ2n) is 6.96. The number of hydrogen-bond acceptors (Lipinski definition) is 5. The van der Waals surface area contributed by atoms with Gasteiger partial charge in [0.25, 0.3) is 16.4 Å². The molecule has 0 fully saturated rings. The van der Waals surface area contributed by atoms with Crippen molar-refractivity contribution in [3.05, 3.63) is 76.3 Å². The van der Waals surface area contributed by atoms with Gasteiger partial charge in [0.1, 0.15) is 24.0 Å². The number of anilines is 1. The molecule has 0 spiro atoms. The first-order chi connectivity index (χ1) is 16.5. The van der Waals surface area contributed by atoms with Gasteiger partial charge in [-0.2, -0.15) is 0 Å². The van der Waals surface area contributed by atoms with Gasteiger partial charge in [-0.05, 0) is 24.3 Å². The minimum atomic E-state index is -5.03.